The highest BCUT2D eigenvalue weighted by molar-refractivity contribution is 6.03. The largest absolute Gasteiger partial charge is 0.378 e. The molecule has 2 aliphatic heterocycles. The fourth-order valence-electron chi connectivity index (χ4n) is 3.42. The molecule has 5 heteroatoms. The molecule has 0 saturated carbocycles. The van der Waals surface area contributed by atoms with E-state index in [4.69, 9.17) is 0 Å². The Morgan fingerprint density at radius 2 is 2.00 bits per heavy atom. The molecule has 2 heterocycles. The second-order valence-corrected chi connectivity index (χ2v) is 6.20. The van der Waals surface area contributed by atoms with Crippen LogP contribution in [0, 0.1) is 0 Å². The summed E-state index contributed by atoms with van der Waals surface area (Å²) in [5.74, 6) is -0.245. The van der Waals surface area contributed by atoms with Gasteiger partial charge in [-0.3, -0.25) is 4.79 Å². The van der Waals surface area contributed by atoms with Crippen LogP contribution in [0.15, 0.2) is 18.2 Å². The second kappa shape index (κ2) is 5.31. The Hall–Kier alpha value is -1.59. The van der Waals surface area contributed by atoms with Crippen molar-refractivity contribution in [2.75, 3.05) is 43.5 Å². The zero-order valence-corrected chi connectivity index (χ0v) is 12.9. The lowest BCUT2D eigenvalue weighted by Gasteiger charge is -2.30. The Bertz CT molecular complexity index is 560. The summed E-state index contributed by atoms with van der Waals surface area (Å²) in [6, 6.07) is 6.38. The maximum Gasteiger partial charge on any atom is 0.260 e. The number of anilines is 2. The summed E-state index contributed by atoms with van der Waals surface area (Å²) < 4.78 is 0. The molecule has 1 N–H and O–H groups in total. The van der Waals surface area contributed by atoms with Crippen LogP contribution in [-0.2, 0) is 4.79 Å². The number of hydrogen-bond acceptors (Lipinski definition) is 4. The van der Waals surface area contributed by atoms with Crippen LogP contribution in [0.5, 0.6) is 0 Å². The van der Waals surface area contributed by atoms with Crippen molar-refractivity contribution in [3.8, 4) is 0 Å². The van der Waals surface area contributed by atoms with Gasteiger partial charge in [-0.2, -0.15) is 0 Å². The van der Waals surface area contributed by atoms with Crippen molar-refractivity contribution in [3.05, 3.63) is 23.8 Å². The summed E-state index contributed by atoms with van der Waals surface area (Å²) in [6.45, 7) is 5.40. The molecule has 2 atom stereocenters. The van der Waals surface area contributed by atoms with E-state index in [-0.39, 0.29) is 5.91 Å². The highest BCUT2D eigenvalue weighted by Crippen LogP contribution is 2.38. The van der Waals surface area contributed by atoms with E-state index in [9.17, 15) is 9.90 Å². The van der Waals surface area contributed by atoms with Gasteiger partial charge in [-0.25, -0.2) is 0 Å². The van der Waals surface area contributed by atoms with Crippen molar-refractivity contribution < 1.29 is 9.90 Å². The van der Waals surface area contributed by atoms with Gasteiger partial charge in [-0.15, -0.1) is 0 Å². The number of likely N-dealkylation sites (N-methyl/N-ethyl adjacent to an activating group) is 2. The predicted molar refractivity (Wildman–Crippen MR) is 83.7 cm³/mol. The van der Waals surface area contributed by atoms with Gasteiger partial charge in [0.05, 0.1) is 5.69 Å². The molecule has 1 amide bonds. The average Bonchev–Trinajstić information content (AvgIpc) is 2.61. The lowest BCUT2D eigenvalue weighted by Crippen LogP contribution is -2.38. The molecule has 0 bridgehead atoms. The van der Waals surface area contributed by atoms with Crippen molar-refractivity contribution in [2.45, 2.75) is 25.5 Å². The van der Waals surface area contributed by atoms with Crippen molar-refractivity contribution in [1.82, 2.24) is 4.90 Å². The van der Waals surface area contributed by atoms with Crippen LogP contribution < -0.4 is 9.80 Å². The third-order valence-corrected chi connectivity index (χ3v) is 4.61. The first-order chi connectivity index (χ1) is 9.99. The van der Waals surface area contributed by atoms with Gasteiger partial charge < -0.3 is 19.8 Å². The summed E-state index contributed by atoms with van der Waals surface area (Å²) in [5.41, 5.74) is 2.67. The van der Waals surface area contributed by atoms with Crippen LogP contribution >= 0.6 is 0 Å². The van der Waals surface area contributed by atoms with Gasteiger partial charge in [0.15, 0.2) is 6.10 Å². The average molecular weight is 289 g/mol. The Labute approximate surface area is 125 Å². The summed E-state index contributed by atoms with van der Waals surface area (Å²) in [4.78, 5) is 18.2. The van der Waals surface area contributed by atoms with E-state index in [2.05, 4.69) is 23.8 Å². The number of nitrogens with zero attached hydrogens (tertiary/aromatic N) is 3. The van der Waals surface area contributed by atoms with Crippen molar-refractivity contribution >= 4 is 17.3 Å². The number of benzene rings is 1. The normalized spacial score (nSPS) is 27.0. The van der Waals surface area contributed by atoms with Crippen LogP contribution in [0.2, 0.25) is 0 Å². The molecule has 5 nitrogen and oxygen atoms in total. The van der Waals surface area contributed by atoms with Gasteiger partial charge >= 0.3 is 0 Å². The molecule has 0 aromatic heterocycles. The number of carbonyl (C=O) groups is 1. The predicted octanol–water partition coefficient (Wildman–Crippen LogP) is 1.23. The summed E-state index contributed by atoms with van der Waals surface area (Å²) in [6.07, 6.45) is 0.127. The Morgan fingerprint density at radius 3 is 2.76 bits per heavy atom. The zero-order valence-electron chi connectivity index (χ0n) is 12.9. The number of aliphatic hydroxyl groups excluding tert-OH is 1. The van der Waals surface area contributed by atoms with Crippen molar-refractivity contribution in [3.63, 3.8) is 0 Å². The van der Waals surface area contributed by atoms with Gasteiger partial charge in [0.1, 0.15) is 0 Å². The van der Waals surface area contributed by atoms with Gasteiger partial charge in [0, 0.05) is 37.4 Å². The zero-order chi connectivity index (χ0) is 15.1. The lowest BCUT2D eigenvalue weighted by atomic mass is 10.1. The van der Waals surface area contributed by atoms with Crippen LogP contribution in [0.25, 0.3) is 0 Å². The van der Waals surface area contributed by atoms with E-state index in [1.807, 2.05) is 18.2 Å². The first-order valence-corrected chi connectivity index (χ1v) is 7.54. The first-order valence-electron chi connectivity index (χ1n) is 7.54. The van der Waals surface area contributed by atoms with Gasteiger partial charge in [-0.1, -0.05) is 6.07 Å². The minimum Gasteiger partial charge on any atom is -0.378 e. The van der Waals surface area contributed by atoms with E-state index < -0.39 is 6.10 Å². The summed E-state index contributed by atoms with van der Waals surface area (Å²) >= 11 is 0. The molecule has 2 aliphatic rings. The Morgan fingerprint density at radius 1 is 1.24 bits per heavy atom. The molecular formula is C16H23N3O2. The van der Waals surface area contributed by atoms with E-state index >= 15 is 0 Å². The summed E-state index contributed by atoms with van der Waals surface area (Å²) in [5, 5.41) is 9.94. The number of hydrogen-bond donors (Lipinski definition) is 1. The third kappa shape index (κ3) is 2.40. The Kier molecular flexibility index (Phi) is 3.63. The van der Waals surface area contributed by atoms with Crippen LogP contribution in [-0.4, -0.2) is 55.7 Å². The van der Waals surface area contributed by atoms with E-state index in [1.54, 1.807) is 11.9 Å². The number of rotatable bonds is 1. The second-order valence-electron chi connectivity index (χ2n) is 6.20. The molecule has 0 spiro atoms. The maximum absolute atomic E-state index is 11.9. The smallest absolute Gasteiger partial charge is 0.260 e. The van der Waals surface area contributed by atoms with Crippen LogP contribution in [0.3, 0.4) is 0 Å². The SMILES string of the molecule is CC1CN(C)CCCN1c1ccc2c(c1)N(C)C(=O)C2O. The number of carbonyl (C=O) groups excluding carboxylic acids is 1. The van der Waals surface area contributed by atoms with Crippen LogP contribution in [0.4, 0.5) is 11.4 Å². The van der Waals surface area contributed by atoms with Gasteiger partial charge in [-0.05, 0) is 39.1 Å². The fourth-order valence-corrected chi connectivity index (χ4v) is 3.42. The molecule has 1 aromatic carbocycles. The molecule has 0 radical (unpaired) electrons. The third-order valence-electron chi connectivity index (χ3n) is 4.61. The first kappa shape index (κ1) is 14.4. The van der Waals surface area contributed by atoms with Crippen LogP contribution in [0.1, 0.15) is 25.0 Å². The molecule has 2 unspecified atom stereocenters. The number of amides is 1. The highest BCUT2D eigenvalue weighted by atomic mass is 16.3. The maximum atomic E-state index is 11.9. The molecule has 1 fully saturated rings. The molecule has 21 heavy (non-hydrogen) atoms. The summed E-state index contributed by atoms with van der Waals surface area (Å²) in [7, 11) is 3.88. The van der Waals surface area contributed by atoms with E-state index in [0.717, 1.165) is 37.4 Å². The minimum absolute atomic E-state index is 0.245. The minimum atomic E-state index is -1.01. The fraction of sp³-hybridized carbons (Fsp3) is 0.562. The molecular weight excluding hydrogens is 266 g/mol. The van der Waals surface area contributed by atoms with Gasteiger partial charge in [0.2, 0.25) is 0 Å². The Balaban J connectivity index is 1.92. The van der Waals surface area contributed by atoms with Crippen molar-refractivity contribution in [2.24, 2.45) is 0 Å². The lowest BCUT2D eigenvalue weighted by molar-refractivity contribution is -0.125. The molecule has 0 aliphatic carbocycles. The van der Waals surface area contributed by atoms with Crippen molar-refractivity contribution in [1.29, 1.82) is 0 Å². The van der Waals surface area contributed by atoms with E-state index in [1.165, 1.54) is 0 Å². The monoisotopic (exact) mass is 289 g/mol. The standard InChI is InChI=1S/C16H23N3O2/c1-11-10-17(2)7-4-8-19(11)12-5-6-13-14(9-12)18(3)16(21)15(13)20/h5-6,9,11,15,20H,4,7-8,10H2,1-3H3. The van der Waals surface area contributed by atoms with E-state index in [0.29, 0.717) is 11.6 Å². The topological polar surface area (TPSA) is 47.0 Å². The van der Waals surface area contributed by atoms with Gasteiger partial charge in [0.25, 0.3) is 5.91 Å². The molecule has 114 valence electrons. The highest BCUT2D eigenvalue weighted by Gasteiger charge is 2.34. The number of fused-ring (bicyclic) bond motifs is 1. The molecule has 1 saturated heterocycles. The number of aliphatic hydroxyl groups is 1. The molecule has 3 rings (SSSR count). The quantitative estimate of drug-likeness (QED) is 0.844. The molecule has 1 aromatic rings.